The van der Waals surface area contributed by atoms with Crippen LogP contribution in [0, 0.1) is 6.92 Å². The van der Waals surface area contributed by atoms with Crippen LogP contribution >= 0.6 is 11.6 Å². The van der Waals surface area contributed by atoms with Gasteiger partial charge in [-0.25, -0.2) is 9.78 Å². The third kappa shape index (κ3) is 4.41. The highest BCUT2D eigenvalue weighted by molar-refractivity contribution is 6.31. The zero-order chi connectivity index (χ0) is 22.0. The molecular formula is C23H18ClN3O4. The lowest BCUT2D eigenvalue weighted by Crippen LogP contribution is -2.23. The minimum atomic E-state index is -1.01. The molecule has 2 aromatic heterocycles. The molecule has 4 aromatic rings. The SMILES string of the molecule is Cc1cc2c(=O)n(CCOc3ccc(Cl)cc3-c3cccc(C(=O)O)c3)cnc2cn1. The lowest BCUT2D eigenvalue weighted by molar-refractivity contribution is 0.0697. The summed E-state index contributed by atoms with van der Waals surface area (Å²) in [6, 6.07) is 13.4. The molecule has 0 bridgehead atoms. The molecule has 156 valence electrons. The maximum Gasteiger partial charge on any atom is 0.335 e. The molecule has 0 aliphatic rings. The number of aromatic nitrogens is 3. The highest BCUT2D eigenvalue weighted by Crippen LogP contribution is 2.33. The molecule has 2 aromatic carbocycles. The number of ether oxygens (including phenoxy) is 1. The number of halogens is 1. The highest BCUT2D eigenvalue weighted by atomic mass is 35.5. The lowest BCUT2D eigenvalue weighted by Gasteiger charge is -2.13. The van der Waals surface area contributed by atoms with Gasteiger partial charge in [-0.1, -0.05) is 23.7 Å². The van der Waals surface area contributed by atoms with Crippen LogP contribution in [0.3, 0.4) is 0 Å². The van der Waals surface area contributed by atoms with E-state index in [0.717, 1.165) is 5.69 Å². The molecule has 0 saturated carbocycles. The van der Waals surface area contributed by atoms with Crippen molar-refractivity contribution in [2.45, 2.75) is 13.5 Å². The smallest absolute Gasteiger partial charge is 0.335 e. The van der Waals surface area contributed by atoms with E-state index >= 15 is 0 Å². The van der Waals surface area contributed by atoms with E-state index in [-0.39, 0.29) is 17.7 Å². The Morgan fingerprint density at radius 1 is 1.16 bits per heavy atom. The fourth-order valence-corrected chi connectivity index (χ4v) is 3.42. The van der Waals surface area contributed by atoms with Crippen LogP contribution in [0.1, 0.15) is 16.1 Å². The summed E-state index contributed by atoms with van der Waals surface area (Å²) in [7, 11) is 0. The first-order valence-corrected chi connectivity index (χ1v) is 9.88. The van der Waals surface area contributed by atoms with E-state index < -0.39 is 5.97 Å². The van der Waals surface area contributed by atoms with Gasteiger partial charge < -0.3 is 9.84 Å². The van der Waals surface area contributed by atoms with E-state index in [2.05, 4.69) is 9.97 Å². The Morgan fingerprint density at radius 2 is 2.00 bits per heavy atom. The molecule has 0 fully saturated rings. The number of hydrogen-bond donors (Lipinski definition) is 1. The number of carbonyl (C=O) groups is 1. The number of rotatable bonds is 6. The second kappa shape index (κ2) is 8.57. The largest absolute Gasteiger partial charge is 0.491 e. The number of pyridine rings is 1. The number of aromatic carboxylic acids is 1. The zero-order valence-corrected chi connectivity index (χ0v) is 17.3. The van der Waals surface area contributed by atoms with Crippen LogP contribution in [0.2, 0.25) is 5.02 Å². The Balaban J connectivity index is 1.58. The molecule has 1 N–H and O–H groups in total. The molecule has 7 nitrogen and oxygen atoms in total. The number of aryl methyl sites for hydroxylation is 1. The number of fused-ring (bicyclic) bond motifs is 1. The fraction of sp³-hybridized carbons (Fsp3) is 0.130. The molecule has 31 heavy (non-hydrogen) atoms. The van der Waals surface area contributed by atoms with Crippen LogP contribution in [-0.4, -0.2) is 32.2 Å². The van der Waals surface area contributed by atoms with E-state index in [4.69, 9.17) is 16.3 Å². The summed E-state index contributed by atoms with van der Waals surface area (Å²) in [4.78, 5) is 32.5. The summed E-state index contributed by atoms with van der Waals surface area (Å²) in [5.41, 5.74) is 2.64. The molecule has 0 unspecified atom stereocenters. The van der Waals surface area contributed by atoms with Crippen LogP contribution in [-0.2, 0) is 6.54 Å². The van der Waals surface area contributed by atoms with Gasteiger partial charge in [0, 0.05) is 16.3 Å². The van der Waals surface area contributed by atoms with Crippen molar-refractivity contribution >= 4 is 28.5 Å². The quantitative estimate of drug-likeness (QED) is 0.487. The predicted molar refractivity (Wildman–Crippen MR) is 118 cm³/mol. The van der Waals surface area contributed by atoms with Gasteiger partial charge in [-0.15, -0.1) is 0 Å². The van der Waals surface area contributed by atoms with Crippen molar-refractivity contribution in [3.8, 4) is 16.9 Å². The lowest BCUT2D eigenvalue weighted by atomic mass is 10.0. The standard InChI is InChI=1S/C23H18ClN3O4/c1-14-9-19-20(12-25-14)26-13-27(22(19)28)7-8-31-21-6-5-17(24)11-18(21)15-3-2-4-16(10-15)23(29)30/h2-6,9-13H,7-8H2,1H3,(H,29,30). The van der Waals surface area contributed by atoms with Crippen LogP contribution < -0.4 is 10.3 Å². The monoisotopic (exact) mass is 435 g/mol. The third-order valence-electron chi connectivity index (χ3n) is 4.80. The summed E-state index contributed by atoms with van der Waals surface area (Å²) in [6.07, 6.45) is 3.06. The second-order valence-electron chi connectivity index (χ2n) is 6.96. The Hall–Kier alpha value is -3.71. The van der Waals surface area contributed by atoms with Crippen molar-refractivity contribution in [3.63, 3.8) is 0 Å². The minimum absolute atomic E-state index is 0.162. The first-order chi connectivity index (χ1) is 14.9. The Bertz CT molecular complexity index is 1350. The van der Waals surface area contributed by atoms with E-state index in [1.165, 1.54) is 17.0 Å². The van der Waals surface area contributed by atoms with Crippen LogP contribution in [0.25, 0.3) is 22.0 Å². The normalized spacial score (nSPS) is 10.9. The number of benzene rings is 2. The van der Waals surface area contributed by atoms with Crippen LogP contribution in [0.15, 0.2) is 65.8 Å². The molecule has 0 radical (unpaired) electrons. The molecular weight excluding hydrogens is 418 g/mol. The van der Waals surface area contributed by atoms with Gasteiger partial charge in [0.05, 0.1) is 35.5 Å². The van der Waals surface area contributed by atoms with Crippen molar-refractivity contribution in [1.29, 1.82) is 0 Å². The highest BCUT2D eigenvalue weighted by Gasteiger charge is 2.11. The van der Waals surface area contributed by atoms with Gasteiger partial charge in [-0.2, -0.15) is 0 Å². The van der Waals surface area contributed by atoms with E-state index in [9.17, 15) is 14.7 Å². The second-order valence-corrected chi connectivity index (χ2v) is 7.40. The summed E-state index contributed by atoms with van der Waals surface area (Å²) in [5, 5.41) is 10.3. The van der Waals surface area contributed by atoms with Gasteiger partial charge in [-0.3, -0.25) is 14.3 Å². The van der Waals surface area contributed by atoms with Crippen LogP contribution in [0.4, 0.5) is 0 Å². The van der Waals surface area contributed by atoms with Gasteiger partial charge in [0.25, 0.3) is 5.56 Å². The Labute approximate surface area is 182 Å². The van der Waals surface area contributed by atoms with Gasteiger partial charge in [0.1, 0.15) is 12.4 Å². The number of carboxylic acids is 1. The van der Waals surface area contributed by atoms with Crippen LogP contribution in [0.5, 0.6) is 5.75 Å². The molecule has 0 amide bonds. The third-order valence-corrected chi connectivity index (χ3v) is 5.03. The summed E-state index contributed by atoms with van der Waals surface area (Å²) in [6.45, 7) is 2.32. The fourth-order valence-electron chi connectivity index (χ4n) is 3.25. The molecule has 0 atom stereocenters. The molecule has 0 aliphatic carbocycles. The average Bonchev–Trinajstić information content (AvgIpc) is 2.76. The summed E-state index contributed by atoms with van der Waals surface area (Å²) >= 11 is 6.16. The predicted octanol–water partition coefficient (Wildman–Crippen LogP) is 4.20. The maximum absolute atomic E-state index is 12.7. The molecule has 4 rings (SSSR count). The van der Waals surface area contributed by atoms with Crippen molar-refractivity contribution in [3.05, 3.63) is 87.7 Å². The average molecular weight is 436 g/mol. The Morgan fingerprint density at radius 3 is 2.81 bits per heavy atom. The van der Waals surface area contributed by atoms with E-state index in [1.807, 2.05) is 6.92 Å². The van der Waals surface area contributed by atoms with Crippen molar-refractivity contribution in [1.82, 2.24) is 14.5 Å². The van der Waals surface area contributed by atoms with Gasteiger partial charge in [-0.05, 0) is 48.9 Å². The van der Waals surface area contributed by atoms with Gasteiger partial charge in [0.2, 0.25) is 0 Å². The topological polar surface area (TPSA) is 94.3 Å². The zero-order valence-electron chi connectivity index (χ0n) is 16.6. The van der Waals surface area contributed by atoms with Crippen molar-refractivity contribution in [2.24, 2.45) is 0 Å². The van der Waals surface area contributed by atoms with Gasteiger partial charge >= 0.3 is 5.97 Å². The van der Waals surface area contributed by atoms with E-state index in [1.54, 1.807) is 48.7 Å². The number of nitrogens with zero attached hydrogens (tertiary/aromatic N) is 3. The first kappa shape index (κ1) is 20.6. The molecule has 0 aliphatic heterocycles. The maximum atomic E-state index is 12.7. The Kier molecular flexibility index (Phi) is 5.68. The number of carboxylic acid groups (broad SMARTS) is 1. The summed E-state index contributed by atoms with van der Waals surface area (Å²) in [5.74, 6) is -0.478. The minimum Gasteiger partial charge on any atom is -0.491 e. The first-order valence-electron chi connectivity index (χ1n) is 9.50. The van der Waals surface area contributed by atoms with Gasteiger partial charge in [0.15, 0.2) is 0 Å². The van der Waals surface area contributed by atoms with E-state index in [0.29, 0.717) is 39.3 Å². The number of hydrogen-bond acceptors (Lipinski definition) is 5. The molecule has 8 heteroatoms. The molecule has 2 heterocycles. The van der Waals surface area contributed by atoms with Crippen molar-refractivity contribution in [2.75, 3.05) is 6.61 Å². The molecule has 0 spiro atoms. The molecule has 0 saturated heterocycles. The summed E-state index contributed by atoms with van der Waals surface area (Å²) < 4.78 is 7.42. The van der Waals surface area contributed by atoms with Crippen molar-refractivity contribution < 1.29 is 14.6 Å².